The van der Waals surface area contributed by atoms with Crippen molar-refractivity contribution in [1.29, 1.82) is 0 Å². The van der Waals surface area contributed by atoms with Gasteiger partial charge in [0.2, 0.25) is 5.89 Å². The second-order valence-electron chi connectivity index (χ2n) is 8.00. The summed E-state index contributed by atoms with van der Waals surface area (Å²) < 4.78 is 5.35. The fourth-order valence-electron chi connectivity index (χ4n) is 4.43. The van der Waals surface area contributed by atoms with Gasteiger partial charge < -0.3 is 15.2 Å². The van der Waals surface area contributed by atoms with Gasteiger partial charge in [-0.1, -0.05) is 18.5 Å². The molecule has 1 unspecified atom stereocenters. The first-order chi connectivity index (χ1) is 13.0. The Labute approximate surface area is 171 Å². The highest BCUT2D eigenvalue weighted by molar-refractivity contribution is 6.06. The summed E-state index contributed by atoms with van der Waals surface area (Å²) in [5, 5.41) is 10.3. The van der Waals surface area contributed by atoms with Gasteiger partial charge in [0.05, 0.1) is 6.04 Å². The lowest BCUT2D eigenvalue weighted by atomic mass is 9.75. The van der Waals surface area contributed by atoms with Crippen LogP contribution in [0.1, 0.15) is 56.8 Å². The molecule has 0 aromatic carbocycles. The van der Waals surface area contributed by atoms with Crippen molar-refractivity contribution < 1.29 is 14.1 Å². The number of carbonyl (C=O) groups is 2. The maximum Gasteiger partial charge on any atom is 0.325 e. The van der Waals surface area contributed by atoms with Crippen molar-refractivity contribution in [3.8, 4) is 0 Å². The predicted octanol–water partition coefficient (Wildman–Crippen LogP) is 1.46. The van der Waals surface area contributed by atoms with E-state index in [1.54, 1.807) is 0 Å². The Morgan fingerprint density at radius 2 is 2.04 bits per heavy atom. The summed E-state index contributed by atoms with van der Waals surface area (Å²) in [5.41, 5.74) is -0.737. The van der Waals surface area contributed by atoms with Crippen LogP contribution >= 0.6 is 12.4 Å². The zero-order valence-corrected chi connectivity index (χ0v) is 17.3. The minimum Gasteiger partial charge on any atom is -0.337 e. The van der Waals surface area contributed by atoms with Crippen LogP contribution in [0.25, 0.3) is 0 Å². The number of piperazine rings is 1. The maximum atomic E-state index is 13.0. The van der Waals surface area contributed by atoms with Crippen molar-refractivity contribution in [3.63, 3.8) is 0 Å². The molecular weight excluding hydrogens is 384 g/mol. The van der Waals surface area contributed by atoms with E-state index < -0.39 is 5.54 Å². The van der Waals surface area contributed by atoms with Crippen molar-refractivity contribution in [2.24, 2.45) is 5.92 Å². The van der Waals surface area contributed by atoms with E-state index in [4.69, 9.17) is 4.52 Å². The molecule has 0 radical (unpaired) electrons. The molecule has 3 amide bonds. The molecule has 4 rings (SSSR count). The first-order valence-corrected chi connectivity index (χ1v) is 9.90. The van der Waals surface area contributed by atoms with Crippen molar-refractivity contribution in [2.75, 3.05) is 26.7 Å². The average Bonchev–Trinajstić information content (AvgIpc) is 3.22. The lowest BCUT2D eigenvalue weighted by molar-refractivity contribution is -0.133. The number of amides is 3. The van der Waals surface area contributed by atoms with E-state index in [-0.39, 0.29) is 36.9 Å². The second-order valence-corrected chi connectivity index (χ2v) is 8.00. The Kier molecular flexibility index (Phi) is 6.26. The lowest BCUT2D eigenvalue weighted by Crippen LogP contribution is -2.49. The number of likely N-dealkylation sites (N-methyl/N-ethyl adjacent to an activating group) is 1. The quantitative estimate of drug-likeness (QED) is 0.721. The van der Waals surface area contributed by atoms with Crippen LogP contribution < -0.4 is 10.6 Å². The van der Waals surface area contributed by atoms with Gasteiger partial charge in [-0.2, -0.15) is 4.98 Å². The summed E-state index contributed by atoms with van der Waals surface area (Å²) >= 11 is 0. The molecule has 1 aromatic rings. The number of halogens is 1. The number of carbonyl (C=O) groups excluding carboxylic acids is 2. The van der Waals surface area contributed by atoms with E-state index in [1.807, 2.05) is 7.05 Å². The average molecular weight is 413 g/mol. The van der Waals surface area contributed by atoms with Crippen LogP contribution in [0, 0.1) is 5.92 Å². The summed E-state index contributed by atoms with van der Waals surface area (Å²) in [4.78, 5) is 33.3. The second kappa shape index (κ2) is 8.34. The first kappa shape index (κ1) is 21.0. The third-order valence-electron chi connectivity index (χ3n) is 6.37. The van der Waals surface area contributed by atoms with Gasteiger partial charge in [-0.25, -0.2) is 4.79 Å². The van der Waals surface area contributed by atoms with Gasteiger partial charge in [0.15, 0.2) is 5.82 Å². The van der Waals surface area contributed by atoms with E-state index in [0.717, 1.165) is 38.9 Å². The molecule has 1 aromatic heterocycles. The number of nitrogens with one attached hydrogen (secondary N) is 2. The maximum absolute atomic E-state index is 13.0. The third-order valence-corrected chi connectivity index (χ3v) is 6.37. The number of hydrogen-bond acceptors (Lipinski definition) is 7. The van der Waals surface area contributed by atoms with Gasteiger partial charge in [-0.3, -0.25) is 14.6 Å². The van der Waals surface area contributed by atoms with Gasteiger partial charge in [-0.05, 0) is 38.6 Å². The van der Waals surface area contributed by atoms with Crippen LogP contribution in [0.5, 0.6) is 0 Å². The molecule has 2 saturated heterocycles. The lowest BCUT2D eigenvalue weighted by Gasteiger charge is -2.34. The smallest absolute Gasteiger partial charge is 0.325 e. The van der Waals surface area contributed by atoms with Crippen molar-refractivity contribution in [2.45, 2.75) is 57.2 Å². The Hall–Kier alpha value is -1.71. The minimum absolute atomic E-state index is 0. The Bertz CT molecular complexity index is 718. The highest BCUT2D eigenvalue weighted by Crippen LogP contribution is 2.38. The number of nitrogens with zero attached hydrogens (tertiary/aromatic N) is 4. The molecule has 28 heavy (non-hydrogen) atoms. The SMILES string of the molecule is CCC1CCC2(CC1)NC(=O)N(Cc1nc(C3CNCCN3C)no1)C2=O.Cl. The van der Waals surface area contributed by atoms with E-state index in [0.29, 0.717) is 30.5 Å². The van der Waals surface area contributed by atoms with Crippen molar-refractivity contribution in [1.82, 2.24) is 30.6 Å². The minimum atomic E-state index is -0.737. The molecule has 1 saturated carbocycles. The van der Waals surface area contributed by atoms with Crippen LogP contribution in [-0.4, -0.2) is 64.1 Å². The largest absolute Gasteiger partial charge is 0.337 e. The number of aromatic nitrogens is 2. The summed E-state index contributed by atoms with van der Waals surface area (Å²) in [6, 6.07) is -0.318. The van der Waals surface area contributed by atoms with Crippen LogP contribution in [0.3, 0.4) is 0 Å². The van der Waals surface area contributed by atoms with E-state index in [9.17, 15) is 9.59 Å². The Morgan fingerprint density at radius 1 is 1.29 bits per heavy atom. The van der Waals surface area contributed by atoms with Crippen LogP contribution in [0.4, 0.5) is 4.79 Å². The molecule has 1 spiro atoms. The van der Waals surface area contributed by atoms with Gasteiger partial charge in [0.1, 0.15) is 12.1 Å². The highest BCUT2D eigenvalue weighted by atomic mass is 35.5. The van der Waals surface area contributed by atoms with Gasteiger partial charge in [-0.15, -0.1) is 12.4 Å². The summed E-state index contributed by atoms with van der Waals surface area (Å²) in [7, 11) is 2.02. The molecule has 156 valence electrons. The normalized spacial score (nSPS) is 31.1. The standard InChI is InChI=1S/C18H28N6O3.ClH/c1-3-12-4-6-18(7-5-12)16(25)24(17(26)21-18)11-14-20-15(22-27-14)13-10-19-8-9-23(13)2;/h12-13,19H,3-11H2,1-2H3,(H,21,26);1H. The van der Waals surface area contributed by atoms with Gasteiger partial charge in [0.25, 0.3) is 5.91 Å². The Morgan fingerprint density at radius 3 is 2.71 bits per heavy atom. The molecule has 10 heteroatoms. The molecule has 0 bridgehead atoms. The number of hydrogen-bond donors (Lipinski definition) is 2. The van der Waals surface area contributed by atoms with Gasteiger partial charge in [0, 0.05) is 19.6 Å². The van der Waals surface area contributed by atoms with Crippen LogP contribution in [0.15, 0.2) is 4.52 Å². The fourth-order valence-corrected chi connectivity index (χ4v) is 4.43. The molecule has 3 fully saturated rings. The summed E-state index contributed by atoms with van der Waals surface area (Å²) in [6.45, 7) is 4.79. The molecule has 3 aliphatic rings. The molecule has 1 atom stereocenters. The highest BCUT2D eigenvalue weighted by Gasteiger charge is 2.52. The number of urea groups is 1. The first-order valence-electron chi connectivity index (χ1n) is 9.90. The van der Waals surface area contributed by atoms with E-state index >= 15 is 0 Å². The van der Waals surface area contributed by atoms with Crippen molar-refractivity contribution >= 4 is 24.3 Å². The topological polar surface area (TPSA) is 104 Å². The number of imide groups is 1. The molecule has 9 nitrogen and oxygen atoms in total. The van der Waals surface area contributed by atoms with Gasteiger partial charge >= 0.3 is 6.03 Å². The molecule has 1 aliphatic carbocycles. The van der Waals surface area contributed by atoms with Crippen LogP contribution in [0.2, 0.25) is 0 Å². The monoisotopic (exact) mass is 412 g/mol. The third kappa shape index (κ3) is 3.75. The Balaban J connectivity index is 0.00000225. The van der Waals surface area contributed by atoms with E-state index in [1.165, 1.54) is 4.90 Å². The fraction of sp³-hybridized carbons (Fsp3) is 0.778. The molecule has 3 heterocycles. The summed E-state index contributed by atoms with van der Waals surface area (Å²) in [5.74, 6) is 1.38. The molecule has 2 aliphatic heterocycles. The predicted molar refractivity (Wildman–Crippen MR) is 104 cm³/mol. The van der Waals surface area contributed by atoms with E-state index in [2.05, 4.69) is 32.6 Å². The molecular formula is C18H29ClN6O3. The zero-order chi connectivity index (χ0) is 19.0. The summed E-state index contributed by atoms with van der Waals surface area (Å²) in [6.07, 6.45) is 4.49. The zero-order valence-electron chi connectivity index (χ0n) is 16.4. The van der Waals surface area contributed by atoms with Crippen LogP contribution in [-0.2, 0) is 11.3 Å². The molecule has 2 N–H and O–H groups in total. The number of rotatable bonds is 4. The van der Waals surface area contributed by atoms with Crippen molar-refractivity contribution in [3.05, 3.63) is 11.7 Å².